The van der Waals surface area contributed by atoms with E-state index in [1.165, 1.54) is 7.11 Å². The van der Waals surface area contributed by atoms with Gasteiger partial charge in [0.15, 0.2) is 0 Å². The van der Waals surface area contributed by atoms with Gasteiger partial charge in [-0.2, -0.15) is 0 Å². The van der Waals surface area contributed by atoms with Gasteiger partial charge in [-0.1, -0.05) is 12.1 Å². The van der Waals surface area contributed by atoms with Crippen LogP contribution >= 0.6 is 0 Å². The Hall–Kier alpha value is -0.820. The number of hydrogen-bond acceptors (Lipinski definition) is 4. The Balaban J connectivity index is 2.84. The molecule has 3 N–H and O–H groups in total. The molecule has 0 amide bonds. The van der Waals surface area contributed by atoms with E-state index >= 15 is 0 Å². The minimum atomic E-state index is -1.22. The number of alkyl halides is 1. The van der Waals surface area contributed by atoms with Crippen LogP contribution in [0.2, 0.25) is 0 Å². The maximum absolute atomic E-state index is 12.5. The highest BCUT2D eigenvalue weighted by atomic mass is 32.2. The molecule has 4 nitrogen and oxygen atoms in total. The third-order valence-electron chi connectivity index (χ3n) is 2.57. The Morgan fingerprint density at radius 3 is 2.50 bits per heavy atom. The normalized spacial score (nSPS) is 16.2. The van der Waals surface area contributed by atoms with Crippen LogP contribution in [0.3, 0.4) is 0 Å². The zero-order valence-corrected chi connectivity index (χ0v) is 11.0. The Kier molecular flexibility index (Phi) is 6.42. The van der Waals surface area contributed by atoms with Crippen molar-refractivity contribution >= 4 is 10.8 Å². The van der Waals surface area contributed by atoms with Crippen molar-refractivity contribution in [2.45, 2.75) is 17.0 Å². The molecule has 0 radical (unpaired) electrons. The summed E-state index contributed by atoms with van der Waals surface area (Å²) >= 11 is 0. The van der Waals surface area contributed by atoms with Crippen molar-refractivity contribution in [3.8, 4) is 0 Å². The number of halogens is 1. The summed E-state index contributed by atoms with van der Waals surface area (Å²) in [5.41, 5.74) is 6.36. The second kappa shape index (κ2) is 7.58. The van der Waals surface area contributed by atoms with Crippen molar-refractivity contribution in [3.63, 3.8) is 0 Å². The fourth-order valence-electron chi connectivity index (χ4n) is 1.65. The number of rotatable bonds is 7. The van der Waals surface area contributed by atoms with Crippen LogP contribution in [0.5, 0.6) is 0 Å². The van der Waals surface area contributed by atoms with Gasteiger partial charge in [-0.05, 0) is 17.7 Å². The van der Waals surface area contributed by atoms with E-state index in [0.29, 0.717) is 4.90 Å². The van der Waals surface area contributed by atoms with Crippen molar-refractivity contribution in [1.29, 1.82) is 0 Å². The van der Waals surface area contributed by atoms with Gasteiger partial charge >= 0.3 is 0 Å². The summed E-state index contributed by atoms with van der Waals surface area (Å²) in [7, 11) is 0.255. The smallest absolute Gasteiger partial charge is 0.107 e. The summed E-state index contributed by atoms with van der Waals surface area (Å²) in [4.78, 5) is 0.622. The third kappa shape index (κ3) is 3.84. The van der Waals surface area contributed by atoms with Crippen LogP contribution in [0.4, 0.5) is 4.39 Å². The Morgan fingerprint density at radius 1 is 1.44 bits per heavy atom. The molecule has 0 spiro atoms. The lowest BCUT2D eigenvalue weighted by molar-refractivity contribution is 0.0720. The van der Waals surface area contributed by atoms with Gasteiger partial charge in [0.05, 0.1) is 35.3 Å². The topological polar surface area (TPSA) is 72.5 Å². The van der Waals surface area contributed by atoms with Gasteiger partial charge in [-0.15, -0.1) is 0 Å². The molecule has 0 aliphatic rings. The average Bonchev–Trinajstić information content (AvgIpc) is 2.40. The molecule has 0 aliphatic heterocycles. The molecule has 0 fully saturated rings. The summed E-state index contributed by atoms with van der Waals surface area (Å²) in [6.07, 6.45) is -0.518. The molecule has 1 rings (SSSR count). The SMILES string of the molecule is CO[C@H](c1ccc(S(=O)CCO)cc1)[C@H](N)CF. The van der Waals surface area contributed by atoms with Gasteiger partial charge in [0.2, 0.25) is 0 Å². The molecule has 1 aromatic rings. The van der Waals surface area contributed by atoms with Crippen LogP contribution in [-0.2, 0) is 15.5 Å². The minimum Gasteiger partial charge on any atom is -0.395 e. The van der Waals surface area contributed by atoms with E-state index in [4.69, 9.17) is 15.6 Å². The summed E-state index contributed by atoms with van der Waals surface area (Å²) in [6.45, 7) is -0.793. The highest BCUT2D eigenvalue weighted by Gasteiger charge is 2.19. The monoisotopic (exact) mass is 275 g/mol. The first-order valence-corrected chi connectivity index (χ1v) is 6.89. The summed E-state index contributed by atoms with van der Waals surface area (Å²) in [5, 5.41) is 8.71. The van der Waals surface area contributed by atoms with Crippen LogP contribution in [0.1, 0.15) is 11.7 Å². The number of nitrogens with two attached hydrogens (primary N) is 1. The molecule has 1 aromatic carbocycles. The molecule has 6 heteroatoms. The molecule has 0 saturated heterocycles. The molecule has 0 heterocycles. The molecule has 18 heavy (non-hydrogen) atoms. The zero-order valence-electron chi connectivity index (χ0n) is 10.2. The maximum atomic E-state index is 12.5. The number of ether oxygens (including phenoxy) is 1. The van der Waals surface area contributed by atoms with Crippen LogP contribution in [0, 0.1) is 0 Å². The average molecular weight is 275 g/mol. The Labute approximate surface area is 108 Å². The lowest BCUT2D eigenvalue weighted by Gasteiger charge is -2.20. The lowest BCUT2D eigenvalue weighted by Crippen LogP contribution is -2.31. The summed E-state index contributed by atoms with van der Waals surface area (Å²) < 4.78 is 29.3. The highest BCUT2D eigenvalue weighted by molar-refractivity contribution is 7.85. The van der Waals surface area contributed by atoms with Crippen LogP contribution < -0.4 is 5.73 Å². The fraction of sp³-hybridized carbons (Fsp3) is 0.500. The first-order chi connectivity index (χ1) is 8.63. The molecule has 1 unspecified atom stereocenters. The van der Waals surface area contributed by atoms with Gasteiger partial charge < -0.3 is 15.6 Å². The predicted octanol–water partition coefficient (Wildman–Crippen LogP) is 0.771. The molecule has 0 bridgehead atoms. The molecule has 102 valence electrons. The quantitative estimate of drug-likeness (QED) is 0.771. The van der Waals surface area contributed by atoms with E-state index in [2.05, 4.69) is 0 Å². The predicted molar refractivity (Wildman–Crippen MR) is 68.5 cm³/mol. The van der Waals surface area contributed by atoms with Crippen LogP contribution in [0.15, 0.2) is 29.2 Å². The van der Waals surface area contributed by atoms with E-state index < -0.39 is 29.6 Å². The molecule has 3 atom stereocenters. The molecular weight excluding hydrogens is 257 g/mol. The Morgan fingerprint density at radius 2 is 2.06 bits per heavy atom. The largest absolute Gasteiger partial charge is 0.395 e. The van der Waals surface area contributed by atoms with Gasteiger partial charge in [0, 0.05) is 12.0 Å². The van der Waals surface area contributed by atoms with E-state index in [9.17, 15) is 8.60 Å². The van der Waals surface area contributed by atoms with Crippen molar-refractivity contribution < 1.29 is 18.4 Å². The van der Waals surface area contributed by atoms with Crippen LogP contribution in [-0.4, -0.2) is 41.5 Å². The second-order valence-electron chi connectivity index (χ2n) is 3.82. The van der Waals surface area contributed by atoms with Gasteiger partial charge in [-0.3, -0.25) is 4.21 Å². The minimum absolute atomic E-state index is 0.123. The standard InChI is InChI=1S/C12H18FNO3S/c1-17-12(11(14)8-13)9-2-4-10(5-3-9)18(16)7-6-15/h2-5,11-12,15H,6-8,14H2,1H3/t11-,12-,18?/m1/s1. The van der Waals surface area contributed by atoms with Gasteiger partial charge in [-0.25, -0.2) is 4.39 Å². The third-order valence-corrected chi connectivity index (χ3v) is 3.92. The summed E-state index contributed by atoms with van der Waals surface area (Å²) in [5.74, 6) is 0.205. The molecule has 0 saturated carbocycles. The Bertz CT molecular complexity index is 385. The van der Waals surface area contributed by atoms with Crippen molar-refractivity contribution in [2.24, 2.45) is 5.73 Å². The fourth-order valence-corrected chi connectivity index (χ4v) is 2.49. The number of aliphatic hydroxyl groups excluding tert-OH is 1. The first-order valence-electron chi connectivity index (χ1n) is 5.57. The van der Waals surface area contributed by atoms with Crippen molar-refractivity contribution in [3.05, 3.63) is 29.8 Å². The van der Waals surface area contributed by atoms with Crippen molar-refractivity contribution in [1.82, 2.24) is 0 Å². The van der Waals surface area contributed by atoms with Crippen LogP contribution in [0.25, 0.3) is 0 Å². The number of benzene rings is 1. The second-order valence-corrected chi connectivity index (χ2v) is 5.39. The molecule has 0 aliphatic carbocycles. The van der Waals surface area contributed by atoms with E-state index in [1.54, 1.807) is 24.3 Å². The first kappa shape index (κ1) is 15.2. The van der Waals surface area contributed by atoms with E-state index in [1.807, 2.05) is 0 Å². The number of aliphatic hydroxyl groups is 1. The molecular formula is C12H18FNO3S. The molecule has 0 aromatic heterocycles. The zero-order chi connectivity index (χ0) is 13.5. The lowest BCUT2D eigenvalue weighted by atomic mass is 10.0. The van der Waals surface area contributed by atoms with Gasteiger partial charge in [0.25, 0.3) is 0 Å². The van der Waals surface area contributed by atoms with Gasteiger partial charge in [0.1, 0.15) is 6.67 Å². The maximum Gasteiger partial charge on any atom is 0.107 e. The van der Waals surface area contributed by atoms with Crippen molar-refractivity contribution in [2.75, 3.05) is 26.1 Å². The highest BCUT2D eigenvalue weighted by Crippen LogP contribution is 2.21. The number of methoxy groups -OCH3 is 1. The summed E-state index contributed by atoms with van der Waals surface area (Å²) in [6, 6.07) is 6.07. The van der Waals surface area contributed by atoms with E-state index in [0.717, 1.165) is 5.56 Å². The van der Waals surface area contributed by atoms with E-state index in [-0.39, 0.29) is 12.4 Å². The number of hydrogen-bond donors (Lipinski definition) is 2.